The molecule has 0 aliphatic carbocycles. The molecule has 0 aromatic carbocycles. The summed E-state index contributed by atoms with van der Waals surface area (Å²) < 4.78 is 0. The molecule has 0 unspecified atom stereocenters. The molecule has 1 aliphatic heterocycles. The lowest BCUT2D eigenvalue weighted by Crippen LogP contribution is -2.58. The van der Waals surface area contributed by atoms with Crippen LogP contribution in [0.15, 0.2) is 0 Å². The fraction of sp³-hybridized carbons (Fsp3) is 1.00. The fourth-order valence-electron chi connectivity index (χ4n) is 2.73. The van der Waals surface area contributed by atoms with Crippen LogP contribution in [0.4, 0.5) is 0 Å². The zero-order chi connectivity index (χ0) is 10.1. The second kappa shape index (κ2) is 5.05. The van der Waals surface area contributed by atoms with E-state index >= 15 is 0 Å². The van der Waals surface area contributed by atoms with Gasteiger partial charge in [0, 0.05) is 23.5 Å². The molecular formula is C11H23Cl2N. The Morgan fingerprint density at radius 2 is 1.50 bits per heavy atom. The quantitative estimate of drug-likeness (QED) is 0.665. The van der Waals surface area contributed by atoms with Gasteiger partial charge in [0.2, 0.25) is 0 Å². The first-order valence-corrected chi connectivity index (χ1v) is 5.77. The summed E-state index contributed by atoms with van der Waals surface area (Å²) in [5, 5.41) is 0. The largest absolute Gasteiger partial charge is 0.292 e. The summed E-state index contributed by atoms with van der Waals surface area (Å²) in [4.78, 5) is 2.57. The summed E-state index contributed by atoms with van der Waals surface area (Å²) in [7, 11) is 0. The maximum Gasteiger partial charge on any atom is 0.0351 e. The Kier molecular flexibility index (Phi) is 5.24. The Morgan fingerprint density at radius 3 is 1.86 bits per heavy atom. The summed E-state index contributed by atoms with van der Waals surface area (Å²) in [6.07, 6.45) is 3.94. The van der Waals surface area contributed by atoms with Gasteiger partial charge in [-0.25, -0.2) is 0 Å². The van der Waals surface area contributed by atoms with Crippen LogP contribution < -0.4 is 0 Å². The highest BCUT2D eigenvalue weighted by molar-refractivity contribution is 6.18. The molecule has 1 fully saturated rings. The van der Waals surface area contributed by atoms with Gasteiger partial charge in [-0.05, 0) is 47.0 Å². The summed E-state index contributed by atoms with van der Waals surface area (Å²) in [5.41, 5.74) is 0.660. The molecule has 0 saturated carbocycles. The van der Waals surface area contributed by atoms with E-state index in [9.17, 15) is 0 Å². The summed E-state index contributed by atoms with van der Waals surface area (Å²) in [6.45, 7) is 10.4. The van der Waals surface area contributed by atoms with E-state index in [1.54, 1.807) is 0 Å². The first-order chi connectivity index (χ1) is 5.90. The molecule has 0 N–H and O–H groups in total. The lowest BCUT2D eigenvalue weighted by Gasteiger charge is -2.52. The monoisotopic (exact) mass is 239 g/mol. The third-order valence-electron chi connectivity index (χ3n) is 3.35. The van der Waals surface area contributed by atoms with Crippen molar-refractivity contribution < 1.29 is 0 Å². The molecular weight excluding hydrogens is 217 g/mol. The number of rotatable bonds is 2. The topological polar surface area (TPSA) is 3.24 Å². The van der Waals surface area contributed by atoms with Gasteiger partial charge < -0.3 is 0 Å². The lowest BCUT2D eigenvalue weighted by atomic mass is 9.80. The van der Waals surface area contributed by atoms with Crippen molar-refractivity contribution in [2.24, 2.45) is 0 Å². The van der Waals surface area contributed by atoms with Crippen LogP contribution >= 0.6 is 24.0 Å². The predicted molar refractivity (Wildman–Crippen MR) is 66.7 cm³/mol. The molecule has 0 aromatic rings. The number of piperidine rings is 1. The number of likely N-dealkylation sites (tertiary alicyclic amines) is 1. The van der Waals surface area contributed by atoms with Crippen LogP contribution in [0.3, 0.4) is 0 Å². The van der Waals surface area contributed by atoms with Crippen LogP contribution in [0, 0.1) is 0 Å². The second-order valence-electron chi connectivity index (χ2n) is 5.32. The van der Waals surface area contributed by atoms with Gasteiger partial charge >= 0.3 is 0 Å². The molecule has 14 heavy (non-hydrogen) atoms. The van der Waals surface area contributed by atoms with Crippen molar-refractivity contribution >= 4 is 24.0 Å². The zero-order valence-corrected chi connectivity index (χ0v) is 11.3. The highest BCUT2D eigenvalue weighted by atomic mass is 35.5. The second-order valence-corrected chi connectivity index (χ2v) is 5.70. The van der Waals surface area contributed by atoms with Crippen LogP contribution in [0.5, 0.6) is 0 Å². The fourth-order valence-corrected chi connectivity index (χ4v) is 2.90. The molecule has 3 heteroatoms. The van der Waals surface area contributed by atoms with Crippen LogP contribution in [-0.2, 0) is 0 Å². The molecule has 0 radical (unpaired) electrons. The van der Waals surface area contributed by atoms with Crippen molar-refractivity contribution in [3.63, 3.8) is 0 Å². The Hall–Kier alpha value is 0.540. The molecule has 0 aromatic heterocycles. The normalized spacial score (nSPS) is 25.5. The molecule has 1 aliphatic rings. The zero-order valence-electron chi connectivity index (χ0n) is 9.77. The van der Waals surface area contributed by atoms with Crippen LogP contribution in [0.2, 0.25) is 0 Å². The van der Waals surface area contributed by atoms with Crippen molar-refractivity contribution in [2.75, 3.05) is 12.4 Å². The van der Waals surface area contributed by atoms with E-state index in [2.05, 4.69) is 32.6 Å². The molecule has 0 spiro atoms. The molecule has 0 atom stereocenters. The van der Waals surface area contributed by atoms with E-state index in [1.807, 2.05) is 0 Å². The first-order valence-electron chi connectivity index (χ1n) is 5.24. The van der Waals surface area contributed by atoms with E-state index in [0.717, 1.165) is 12.4 Å². The van der Waals surface area contributed by atoms with Crippen molar-refractivity contribution in [1.29, 1.82) is 0 Å². The third-order valence-corrected chi connectivity index (χ3v) is 3.52. The first kappa shape index (κ1) is 14.5. The van der Waals surface area contributed by atoms with Crippen molar-refractivity contribution in [2.45, 2.75) is 58.0 Å². The van der Waals surface area contributed by atoms with Crippen molar-refractivity contribution in [1.82, 2.24) is 4.90 Å². The van der Waals surface area contributed by atoms with Crippen molar-refractivity contribution in [3.05, 3.63) is 0 Å². The van der Waals surface area contributed by atoms with E-state index in [0.29, 0.717) is 11.1 Å². The van der Waals surface area contributed by atoms with Gasteiger partial charge in [0.25, 0.3) is 0 Å². The van der Waals surface area contributed by atoms with Gasteiger partial charge in [0.15, 0.2) is 0 Å². The lowest BCUT2D eigenvalue weighted by molar-refractivity contribution is -0.0211. The number of hydrogen-bond donors (Lipinski definition) is 0. The molecule has 86 valence electrons. The van der Waals surface area contributed by atoms with E-state index in [4.69, 9.17) is 11.6 Å². The van der Waals surface area contributed by atoms with Gasteiger partial charge in [0.1, 0.15) is 0 Å². The predicted octanol–water partition coefficient (Wildman–Crippen LogP) is 3.69. The Balaban J connectivity index is 0.00000169. The molecule has 1 rings (SSSR count). The Labute approximate surface area is 99.6 Å². The maximum absolute atomic E-state index is 5.85. The minimum atomic E-state index is 0. The Bertz CT molecular complexity index is 162. The summed E-state index contributed by atoms with van der Waals surface area (Å²) in [6, 6.07) is 0. The molecule has 1 nitrogen and oxygen atoms in total. The molecule has 0 bridgehead atoms. The standard InChI is InChI=1S/C11H22ClN.ClH/c1-10(2)6-5-7-11(3,4)13(10)9-8-12;/h5-9H2,1-4H3;1H. The molecule has 1 saturated heterocycles. The Morgan fingerprint density at radius 1 is 1.07 bits per heavy atom. The average molecular weight is 240 g/mol. The van der Waals surface area contributed by atoms with E-state index in [-0.39, 0.29) is 12.4 Å². The van der Waals surface area contributed by atoms with Crippen LogP contribution in [0.25, 0.3) is 0 Å². The van der Waals surface area contributed by atoms with Gasteiger partial charge in [-0.3, -0.25) is 4.90 Å². The number of halogens is 2. The minimum Gasteiger partial charge on any atom is -0.292 e. The van der Waals surface area contributed by atoms with E-state index in [1.165, 1.54) is 19.3 Å². The number of hydrogen-bond acceptors (Lipinski definition) is 1. The smallest absolute Gasteiger partial charge is 0.0351 e. The molecule has 1 heterocycles. The number of alkyl halides is 1. The summed E-state index contributed by atoms with van der Waals surface area (Å²) in [5.74, 6) is 0.743. The van der Waals surface area contributed by atoms with Gasteiger partial charge in [-0.1, -0.05) is 0 Å². The third kappa shape index (κ3) is 3.01. The van der Waals surface area contributed by atoms with Crippen molar-refractivity contribution in [3.8, 4) is 0 Å². The summed E-state index contributed by atoms with van der Waals surface area (Å²) >= 11 is 5.85. The van der Waals surface area contributed by atoms with Crippen LogP contribution in [-0.4, -0.2) is 28.4 Å². The van der Waals surface area contributed by atoms with Gasteiger partial charge in [-0.15, -0.1) is 24.0 Å². The minimum absolute atomic E-state index is 0. The average Bonchev–Trinajstić information content (AvgIpc) is 1.96. The van der Waals surface area contributed by atoms with Gasteiger partial charge in [0.05, 0.1) is 0 Å². The van der Waals surface area contributed by atoms with Crippen LogP contribution in [0.1, 0.15) is 47.0 Å². The van der Waals surface area contributed by atoms with E-state index < -0.39 is 0 Å². The maximum atomic E-state index is 5.85. The number of nitrogens with zero attached hydrogens (tertiary/aromatic N) is 1. The molecule has 0 amide bonds. The van der Waals surface area contributed by atoms with Gasteiger partial charge in [-0.2, -0.15) is 0 Å². The highest BCUT2D eigenvalue weighted by Crippen LogP contribution is 2.37. The highest BCUT2D eigenvalue weighted by Gasteiger charge is 2.40. The SMILES string of the molecule is CC1(C)CCCC(C)(C)N1CCCl.Cl.